The second-order valence-electron chi connectivity index (χ2n) is 6.09. The Bertz CT molecular complexity index is 661. The van der Waals surface area contributed by atoms with Gasteiger partial charge in [-0.3, -0.25) is 0 Å². The number of hydrogen-bond acceptors (Lipinski definition) is 3. The molecule has 0 aromatic heterocycles. The Morgan fingerprint density at radius 3 is 2.57 bits per heavy atom. The average molecular weight is 322 g/mol. The maximum absolute atomic E-state index is 13.4. The molecule has 23 heavy (non-hydrogen) atoms. The van der Waals surface area contributed by atoms with E-state index in [4.69, 9.17) is 10.1 Å². The van der Waals surface area contributed by atoms with Gasteiger partial charge in [0.2, 0.25) is 0 Å². The Balaban J connectivity index is 1.99. The first-order chi connectivity index (χ1) is 11.0. The van der Waals surface area contributed by atoms with Gasteiger partial charge in [0.25, 0.3) is 0 Å². The van der Waals surface area contributed by atoms with Crippen molar-refractivity contribution in [2.75, 3.05) is 0 Å². The van der Waals surface area contributed by atoms with E-state index in [0.29, 0.717) is 5.71 Å². The molecule has 2 atom stereocenters. The second-order valence-corrected chi connectivity index (χ2v) is 6.09. The Hall–Kier alpha value is -2.03. The van der Waals surface area contributed by atoms with Crippen LogP contribution in [0.4, 0.5) is 13.2 Å². The van der Waals surface area contributed by atoms with Crippen molar-refractivity contribution in [3.05, 3.63) is 34.9 Å². The lowest BCUT2D eigenvalue weighted by atomic mass is 9.82. The highest BCUT2D eigenvalue weighted by Crippen LogP contribution is 2.38. The fourth-order valence-electron chi connectivity index (χ4n) is 3.40. The Morgan fingerprint density at radius 1 is 1.13 bits per heavy atom. The van der Waals surface area contributed by atoms with Gasteiger partial charge in [0, 0.05) is 11.5 Å². The molecule has 1 aromatic carbocycles. The van der Waals surface area contributed by atoms with E-state index in [1.807, 2.05) is 0 Å². The molecule has 0 unspecified atom stereocenters. The zero-order valence-corrected chi connectivity index (χ0v) is 12.6. The molecule has 6 heteroatoms. The SMILES string of the molecule is N#Cc1ccc(C2=NO[C@H]3CCCCCC[C@@H]23)c(C(F)(F)F)c1. The summed E-state index contributed by atoms with van der Waals surface area (Å²) >= 11 is 0. The van der Waals surface area contributed by atoms with Crippen molar-refractivity contribution >= 4 is 5.71 Å². The fourth-order valence-corrected chi connectivity index (χ4v) is 3.40. The number of halogens is 3. The normalized spacial score (nSPS) is 24.7. The molecule has 2 aliphatic rings. The quantitative estimate of drug-likeness (QED) is 0.755. The summed E-state index contributed by atoms with van der Waals surface area (Å²) in [6, 6.07) is 5.42. The maximum Gasteiger partial charge on any atom is 0.417 e. The fraction of sp³-hybridized carbons (Fsp3) is 0.529. The van der Waals surface area contributed by atoms with Crippen molar-refractivity contribution in [2.45, 2.75) is 50.8 Å². The minimum absolute atomic E-state index is 0.00481. The number of fused-ring (bicyclic) bond motifs is 1. The van der Waals surface area contributed by atoms with Crippen LogP contribution in [0.3, 0.4) is 0 Å². The molecule has 1 saturated carbocycles. The molecule has 0 spiro atoms. The Kier molecular flexibility index (Phi) is 4.29. The van der Waals surface area contributed by atoms with Gasteiger partial charge in [-0.1, -0.05) is 30.5 Å². The summed E-state index contributed by atoms with van der Waals surface area (Å²) in [5.74, 6) is -0.0932. The van der Waals surface area contributed by atoms with Crippen LogP contribution >= 0.6 is 0 Å². The Labute approximate surface area is 132 Å². The lowest BCUT2D eigenvalue weighted by molar-refractivity contribution is -0.137. The molecule has 0 amide bonds. The molecule has 3 nitrogen and oxygen atoms in total. The summed E-state index contributed by atoms with van der Waals surface area (Å²) in [7, 11) is 0. The molecule has 3 rings (SSSR count). The van der Waals surface area contributed by atoms with Crippen LogP contribution < -0.4 is 0 Å². The van der Waals surface area contributed by atoms with Gasteiger partial charge in [0.05, 0.1) is 22.9 Å². The molecule has 0 bridgehead atoms. The van der Waals surface area contributed by atoms with Crippen molar-refractivity contribution in [1.82, 2.24) is 0 Å². The van der Waals surface area contributed by atoms with E-state index >= 15 is 0 Å². The summed E-state index contributed by atoms with van der Waals surface area (Å²) in [6.45, 7) is 0. The van der Waals surface area contributed by atoms with E-state index in [1.165, 1.54) is 12.1 Å². The smallest absolute Gasteiger partial charge is 0.392 e. The monoisotopic (exact) mass is 322 g/mol. The van der Waals surface area contributed by atoms with Crippen LogP contribution in [0.2, 0.25) is 0 Å². The van der Waals surface area contributed by atoms with E-state index in [9.17, 15) is 13.2 Å². The first kappa shape index (κ1) is 15.9. The number of oxime groups is 1. The minimum atomic E-state index is -4.52. The summed E-state index contributed by atoms with van der Waals surface area (Å²) < 4.78 is 40.1. The molecule has 1 fully saturated rings. The number of benzene rings is 1. The van der Waals surface area contributed by atoms with Crippen molar-refractivity contribution < 1.29 is 18.0 Å². The largest absolute Gasteiger partial charge is 0.417 e. The van der Waals surface area contributed by atoms with Crippen molar-refractivity contribution in [3.8, 4) is 6.07 Å². The molecule has 0 radical (unpaired) electrons. The third-order valence-electron chi connectivity index (χ3n) is 4.57. The predicted octanol–water partition coefficient (Wildman–Crippen LogP) is 4.65. The molecular formula is C17H17F3N2O. The lowest BCUT2D eigenvalue weighted by Crippen LogP contribution is -2.27. The number of hydrogen-bond donors (Lipinski definition) is 0. The number of alkyl halides is 3. The van der Waals surface area contributed by atoms with Gasteiger partial charge in [0.15, 0.2) is 0 Å². The van der Waals surface area contributed by atoms with E-state index in [2.05, 4.69) is 5.16 Å². The van der Waals surface area contributed by atoms with Crippen molar-refractivity contribution in [1.29, 1.82) is 5.26 Å². The standard InChI is InChI=1S/C17H17F3N2O/c18-17(19,20)14-9-11(10-21)7-8-12(14)16-13-5-3-1-2-4-6-15(13)23-22-16/h7-9,13,15H,1-6H2/t13-,15+/m1/s1. The van der Waals surface area contributed by atoms with Gasteiger partial charge < -0.3 is 4.84 Å². The highest BCUT2D eigenvalue weighted by atomic mass is 19.4. The molecule has 1 heterocycles. The minimum Gasteiger partial charge on any atom is -0.392 e. The zero-order chi connectivity index (χ0) is 16.4. The molecule has 122 valence electrons. The van der Waals surface area contributed by atoms with Crippen molar-refractivity contribution in [2.24, 2.45) is 11.1 Å². The van der Waals surface area contributed by atoms with Gasteiger partial charge in [-0.25, -0.2) is 0 Å². The Morgan fingerprint density at radius 2 is 1.87 bits per heavy atom. The lowest BCUT2D eigenvalue weighted by Gasteiger charge is -2.22. The van der Waals surface area contributed by atoms with Crippen LogP contribution in [0.25, 0.3) is 0 Å². The third-order valence-corrected chi connectivity index (χ3v) is 4.57. The van der Waals surface area contributed by atoms with Crippen LogP contribution in [-0.4, -0.2) is 11.8 Å². The topological polar surface area (TPSA) is 45.4 Å². The van der Waals surface area contributed by atoms with Gasteiger partial charge in [0.1, 0.15) is 6.10 Å². The van der Waals surface area contributed by atoms with E-state index in [-0.39, 0.29) is 23.1 Å². The number of nitriles is 1. The highest BCUT2D eigenvalue weighted by molar-refractivity contribution is 6.04. The summed E-state index contributed by atoms with van der Waals surface area (Å²) in [4.78, 5) is 5.44. The molecule has 0 N–H and O–H groups in total. The second kappa shape index (κ2) is 6.23. The van der Waals surface area contributed by atoms with Crippen LogP contribution in [0, 0.1) is 17.2 Å². The average Bonchev–Trinajstić information content (AvgIpc) is 2.87. The maximum atomic E-state index is 13.4. The molecular weight excluding hydrogens is 305 g/mol. The van der Waals surface area contributed by atoms with Crippen LogP contribution in [0.15, 0.2) is 23.4 Å². The zero-order valence-electron chi connectivity index (χ0n) is 12.6. The molecule has 0 saturated heterocycles. The van der Waals surface area contributed by atoms with Gasteiger partial charge in [-0.05, 0) is 31.4 Å². The highest BCUT2D eigenvalue weighted by Gasteiger charge is 2.40. The van der Waals surface area contributed by atoms with Gasteiger partial charge >= 0.3 is 6.18 Å². The first-order valence-electron chi connectivity index (χ1n) is 7.86. The molecule has 1 aromatic rings. The summed E-state index contributed by atoms with van der Waals surface area (Å²) in [6.07, 6.45) is 1.19. The third kappa shape index (κ3) is 3.19. The van der Waals surface area contributed by atoms with E-state index < -0.39 is 11.7 Å². The predicted molar refractivity (Wildman–Crippen MR) is 78.8 cm³/mol. The number of rotatable bonds is 1. The van der Waals surface area contributed by atoms with E-state index in [1.54, 1.807) is 6.07 Å². The van der Waals surface area contributed by atoms with Crippen molar-refractivity contribution in [3.63, 3.8) is 0 Å². The number of nitrogens with zero attached hydrogens (tertiary/aromatic N) is 2. The van der Waals surface area contributed by atoms with E-state index in [0.717, 1.165) is 44.6 Å². The van der Waals surface area contributed by atoms with Gasteiger partial charge in [-0.2, -0.15) is 18.4 Å². The van der Waals surface area contributed by atoms with Crippen LogP contribution in [-0.2, 0) is 11.0 Å². The molecule has 1 aliphatic carbocycles. The van der Waals surface area contributed by atoms with Crippen LogP contribution in [0.1, 0.15) is 55.2 Å². The summed E-state index contributed by atoms with van der Waals surface area (Å²) in [5, 5.41) is 12.9. The summed E-state index contributed by atoms with van der Waals surface area (Å²) in [5.41, 5.74) is -0.380. The van der Waals surface area contributed by atoms with Gasteiger partial charge in [-0.15, -0.1) is 0 Å². The first-order valence-corrected chi connectivity index (χ1v) is 7.86. The molecule has 1 aliphatic heterocycles. The van der Waals surface area contributed by atoms with Crippen LogP contribution in [0.5, 0.6) is 0 Å².